The number of aromatic hydroxyl groups is 1. The lowest BCUT2D eigenvalue weighted by molar-refractivity contribution is 0.171. The van der Waals surface area contributed by atoms with E-state index in [2.05, 4.69) is 20.5 Å². The van der Waals surface area contributed by atoms with Gasteiger partial charge in [-0.05, 0) is 55.9 Å². The van der Waals surface area contributed by atoms with Gasteiger partial charge in [0.25, 0.3) is 5.56 Å². The largest absolute Gasteiger partial charge is 0.507 e. The summed E-state index contributed by atoms with van der Waals surface area (Å²) < 4.78 is 43.9. The molecule has 1 aromatic carbocycles. The molecular formula is C25H25F3N6O2. The minimum absolute atomic E-state index is 0.0154. The van der Waals surface area contributed by atoms with Gasteiger partial charge in [0.15, 0.2) is 18.4 Å². The smallest absolute Gasteiger partial charge is 0.253 e. The standard InChI is InChI=1S/C25H25F3N6O2/c26-12-33-6-5-13(7-23(33)36)16-10-21(35)17(9-18(16)27)25-29-11-22(31-32-25)34(15-2-3-15)20-8-14-1-4-19(30-14)24(20)28/h5-7,9-11,14-15,19-20,24,30,35H,1-4,8,12H2. The predicted octanol–water partition coefficient (Wildman–Crippen LogP) is 3.34. The van der Waals surface area contributed by atoms with Crippen molar-refractivity contribution in [2.75, 3.05) is 4.90 Å². The molecule has 4 heterocycles. The predicted molar refractivity (Wildman–Crippen MR) is 126 cm³/mol. The number of piperidine rings is 1. The molecule has 1 aliphatic carbocycles. The maximum atomic E-state index is 15.3. The number of phenolic OH excluding ortho intramolecular Hbond substituents is 1. The van der Waals surface area contributed by atoms with Crippen LogP contribution in [0.25, 0.3) is 22.5 Å². The Labute approximate surface area is 204 Å². The van der Waals surface area contributed by atoms with Crippen LogP contribution in [0, 0.1) is 5.82 Å². The lowest BCUT2D eigenvalue weighted by Crippen LogP contribution is -2.57. The molecule has 2 bridgehead atoms. The number of anilines is 1. The summed E-state index contributed by atoms with van der Waals surface area (Å²) in [5, 5.41) is 22.4. The second kappa shape index (κ2) is 8.88. The number of benzene rings is 1. The zero-order chi connectivity index (χ0) is 25.0. The molecule has 11 heteroatoms. The first-order valence-corrected chi connectivity index (χ1v) is 12.1. The molecule has 2 aromatic heterocycles. The summed E-state index contributed by atoms with van der Waals surface area (Å²) >= 11 is 0. The lowest BCUT2D eigenvalue weighted by Gasteiger charge is -2.40. The van der Waals surface area contributed by atoms with Gasteiger partial charge in [0.1, 0.15) is 17.7 Å². The highest BCUT2D eigenvalue weighted by atomic mass is 19.1. The number of hydrogen-bond donors (Lipinski definition) is 2. The Bertz CT molecular complexity index is 1350. The lowest BCUT2D eigenvalue weighted by atomic mass is 9.96. The van der Waals surface area contributed by atoms with E-state index in [-0.39, 0.29) is 46.4 Å². The van der Waals surface area contributed by atoms with Gasteiger partial charge in [0, 0.05) is 36.0 Å². The molecule has 188 valence electrons. The van der Waals surface area contributed by atoms with E-state index in [9.17, 15) is 18.7 Å². The zero-order valence-corrected chi connectivity index (χ0v) is 19.3. The van der Waals surface area contributed by atoms with E-state index in [4.69, 9.17) is 0 Å². The number of pyridine rings is 1. The van der Waals surface area contributed by atoms with Gasteiger partial charge in [0.05, 0.1) is 17.8 Å². The monoisotopic (exact) mass is 498 g/mol. The molecule has 4 unspecified atom stereocenters. The maximum Gasteiger partial charge on any atom is 0.253 e. The van der Waals surface area contributed by atoms with Gasteiger partial charge < -0.3 is 15.3 Å². The maximum absolute atomic E-state index is 15.3. The van der Waals surface area contributed by atoms with Gasteiger partial charge in [0.2, 0.25) is 0 Å². The van der Waals surface area contributed by atoms with Crippen LogP contribution < -0.4 is 15.8 Å². The Kier molecular flexibility index (Phi) is 5.66. The summed E-state index contributed by atoms with van der Waals surface area (Å²) in [6.07, 6.45) is 6.12. The van der Waals surface area contributed by atoms with Gasteiger partial charge >= 0.3 is 0 Å². The van der Waals surface area contributed by atoms with E-state index in [0.717, 1.165) is 42.4 Å². The number of hydrogen-bond acceptors (Lipinski definition) is 7. The van der Waals surface area contributed by atoms with Crippen LogP contribution >= 0.6 is 0 Å². The molecule has 36 heavy (non-hydrogen) atoms. The number of nitrogens with zero attached hydrogens (tertiary/aromatic N) is 5. The van der Waals surface area contributed by atoms with Crippen molar-refractivity contribution in [1.82, 2.24) is 25.1 Å². The fraction of sp³-hybridized carbons (Fsp3) is 0.440. The molecule has 3 aromatic rings. The summed E-state index contributed by atoms with van der Waals surface area (Å²) in [5.41, 5.74) is -0.402. The summed E-state index contributed by atoms with van der Waals surface area (Å²) in [7, 11) is 0. The van der Waals surface area contributed by atoms with Gasteiger partial charge in [-0.2, -0.15) is 0 Å². The number of fused-ring (bicyclic) bond motifs is 2. The van der Waals surface area contributed by atoms with Crippen LogP contribution in [0.2, 0.25) is 0 Å². The molecule has 0 spiro atoms. The summed E-state index contributed by atoms with van der Waals surface area (Å²) in [4.78, 5) is 18.2. The van der Waals surface area contributed by atoms with Gasteiger partial charge in [-0.3, -0.25) is 9.36 Å². The third kappa shape index (κ3) is 4.01. The molecule has 2 N–H and O–H groups in total. The van der Waals surface area contributed by atoms with Crippen molar-refractivity contribution in [3.63, 3.8) is 0 Å². The fourth-order valence-corrected chi connectivity index (χ4v) is 5.47. The number of rotatable bonds is 6. The normalized spacial score (nSPS) is 25.2. The number of aromatic nitrogens is 4. The zero-order valence-electron chi connectivity index (χ0n) is 19.3. The van der Waals surface area contributed by atoms with Gasteiger partial charge in [-0.25, -0.2) is 18.2 Å². The van der Waals surface area contributed by atoms with E-state index in [0.29, 0.717) is 18.3 Å². The van der Waals surface area contributed by atoms with Crippen molar-refractivity contribution in [1.29, 1.82) is 0 Å². The summed E-state index contributed by atoms with van der Waals surface area (Å²) in [6, 6.07) is 4.80. The summed E-state index contributed by atoms with van der Waals surface area (Å²) in [5.74, 6) is -0.515. The average molecular weight is 499 g/mol. The molecule has 4 atom stereocenters. The molecule has 2 aliphatic heterocycles. The second-order valence-electron chi connectivity index (χ2n) is 9.77. The Morgan fingerprint density at radius 2 is 1.97 bits per heavy atom. The number of nitrogens with one attached hydrogen (secondary N) is 1. The minimum atomic E-state index is -1.01. The highest BCUT2D eigenvalue weighted by Gasteiger charge is 2.48. The van der Waals surface area contributed by atoms with Crippen molar-refractivity contribution in [3.05, 3.63) is 52.8 Å². The Balaban J connectivity index is 1.28. The third-order valence-electron chi connectivity index (χ3n) is 7.43. The highest BCUT2D eigenvalue weighted by molar-refractivity contribution is 5.73. The first-order chi connectivity index (χ1) is 17.4. The van der Waals surface area contributed by atoms with Crippen LogP contribution in [0.15, 0.2) is 41.5 Å². The SMILES string of the molecule is O=c1cc(-c2cc(O)c(-c3ncc(N(C4CC4)C4CC5CCC(N5)C4F)nn3)cc2F)ccn1CF. The first-order valence-electron chi connectivity index (χ1n) is 12.1. The minimum Gasteiger partial charge on any atom is -0.507 e. The quantitative estimate of drug-likeness (QED) is 0.538. The van der Waals surface area contributed by atoms with E-state index in [1.54, 1.807) is 0 Å². The van der Waals surface area contributed by atoms with Crippen molar-refractivity contribution >= 4 is 5.82 Å². The highest BCUT2D eigenvalue weighted by Crippen LogP contribution is 2.40. The molecule has 0 amide bonds. The Morgan fingerprint density at radius 3 is 2.67 bits per heavy atom. The third-order valence-corrected chi connectivity index (χ3v) is 7.43. The van der Waals surface area contributed by atoms with E-state index >= 15 is 4.39 Å². The Morgan fingerprint density at radius 1 is 1.14 bits per heavy atom. The van der Waals surface area contributed by atoms with Crippen LogP contribution in [0.1, 0.15) is 32.1 Å². The van der Waals surface area contributed by atoms with Crippen molar-refractivity contribution < 1.29 is 18.3 Å². The molecule has 2 saturated heterocycles. The molecule has 3 fully saturated rings. The second-order valence-corrected chi connectivity index (χ2v) is 9.77. The molecule has 6 rings (SSSR count). The van der Waals surface area contributed by atoms with E-state index in [1.165, 1.54) is 24.5 Å². The fourth-order valence-electron chi connectivity index (χ4n) is 5.47. The summed E-state index contributed by atoms with van der Waals surface area (Å²) in [6.45, 7) is -0.991. The van der Waals surface area contributed by atoms with Crippen LogP contribution in [-0.4, -0.2) is 55.2 Å². The van der Waals surface area contributed by atoms with Crippen LogP contribution in [-0.2, 0) is 6.80 Å². The van der Waals surface area contributed by atoms with Gasteiger partial charge in [-0.1, -0.05) is 0 Å². The van der Waals surface area contributed by atoms with Crippen molar-refractivity contribution in [3.8, 4) is 28.3 Å². The van der Waals surface area contributed by atoms with Crippen molar-refractivity contribution in [2.45, 2.75) is 69.2 Å². The van der Waals surface area contributed by atoms with Crippen LogP contribution in [0.4, 0.5) is 19.0 Å². The van der Waals surface area contributed by atoms with Crippen LogP contribution in [0.3, 0.4) is 0 Å². The molecule has 3 aliphatic rings. The first kappa shape index (κ1) is 23.0. The van der Waals surface area contributed by atoms with Crippen molar-refractivity contribution in [2.24, 2.45) is 0 Å². The Hall–Kier alpha value is -3.47. The number of halogens is 3. The van der Waals surface area contributed by atoms with E-state index in [1.807, 2.05) is 4.90 Å². The molecular weight excluding hydrogens is 473 g/mol. The average Bonchev–Trinajstić information content (AvgIpc) is 3.63. The molecule has 0 radical (unpaired) electrons. The number of alkyl halides is 2. The topological polar surface area (TPSA) is 96.2 Å². The molecule has 1 saturated carbocycles. The number of phenols is 1. The van der Waals surface area contributed by atoms with Gasteiger partial charge in [-0.15, -0.1) is 10.2 Å². The molecule has 8 nitrogen and oxygen atoms in total. The van der Waals surface area contributed by atoms with Crippen LogP contribution in [0.5, 0.6) is 5.75 Å². The van der Waals surface area contributed by atoms with E-state index < -0.39 is 24.3 Å².